The molecule has 1 fully saturated rings. The molecule has 1 aliphatic rings. The van der Waals surface area contributed by atoms with Gasteiger partial charge in [0.15, 0.2) is 11.5 Å². The van der Waals surface area contributed by atoms with E-state index < -0.39 is 0 Å². The van der Waals surface area contributed by atoms with Crippen molar-refractivity contribution in [1.29, 1.82) is 0 Å². The van der Waals surface area contributed by atoms with Crippen molar-refractivity contribution in [2.45, 2.75) is 18.9 Å². The van der Waals surface area contributed by atoms with Gasteiger partial charge in [0, 0.05) is 23.0 Å². The Labute approximate surface area is 151 Å². The topological polar surface area (TPSA) is 88.7 Å². The number of rotatable bonds is 6. The van der Waals surface area contributed by atoms with Crippen LogP contribution >= 0.6 is 0 Å². The zero-order chi connectivity index (χ0) is 18.5. The number of amides is 3. The lowest BCUT2D eigenvalue weighted by Gasteiger charge is -2.11. The number of benzene rings is 2. The number of methoxy groups -OCH3 is 2. The number of urea groups is 1. The van der Waals surface area contributed by atoms with Crippen molar-refractivity contribution in [2.75, 3.05) is 24.9 Å². The molecule has 0 radical (unpaired) electrons. The van der Waals surface area contributed by atoms with Gasteiger partial charge >= 0.3 is 6.03 Å². The van der Waals surface area contributed by atoms with Gasteiger partial charge in [-0.3, -0.25) is 4.79 Å². The fraction of sp³-hybridized carbons (Fsp3) is 0.263. The fourth-order valence-electron chi connectivity index (χ4n) is 2.40. The maximum atomic E-state index is 12.4. The number of hydrogen-bond acceptors (Lipinski definition) is 4. The molecule has 1 aliphatic carbocycles. The third-order valence-electron chi connectivity index (χ3n) is 3.96. The molecule has 2 aromatic rings. The number of anilines is 2. The number of ether oxygens (including phenoxy) is 2. The van der Waals surface area contributed by atoms with Crippen LogP contribution < -0.4 is 25.4 Å². The van der Waals surface area contributed by atoms with Crippen LogP contribution in [-0.2, 0) is 0 Å². The Morgan fingerprint density at radius 1 is 0.885 bits per heavy atom. The van der Waals surface area contributed by atoms with Crippen molar-refractivity contribution >= 4 is 23.3 Å². The molecule has 0 heterocycles. The van der Waals surface area contributed by atoms with E-state index in [1.807, 2.05) is 0 Å². The zero-order valence-electron chi connectivity index (χ0n) is 14.7. The molecule has 0 atom stereocenters. The molecular formula is C19H21N3O4. The highest BCUT2D eigenvalue weighted by Gasteiger charge is 2.23. The lowest BCUT2D eigenvalue weighted by molar-refractivity contribution is 0.102. The van der Waals surface area contributed by atoms with Crippen molar-refractivity contribution in [3.05, 3.63) is 48.0 Å². The quantitative estimate of drug-likeness (QED) is 0.742. The summed E-state index contributed by atoms with van der Waals surface area (Å²) in [6.07, 6.45) is 2.07. The first-order chi connectivity index (χ1) is 12.6. The van der Waals surface area contributed by atoms with Gasteiger partial charge < -0.3 is 25.4 Å². The number of hydrogen-bond donors (Lipinski definition) is 3. The second kappa shape index (κ2) is 7.77. The molecule has 136 valence electrons. The smallest absolute Gasteiger partial charge is 0.319 e. The Hall–Kier alpha value is -3.22. The zero-order valence-corrected chi connectivity index (χ0v) is 14.7. The third kappa shape index (κ3) is 4.44. The molecule has 0 aliphatic heterocycles. The molecule has 7 heteroatoms. The van der Waals surface area contributed by atoms with Gasteiger partial charge in [0.25, 0.3) is 5.91 Å². The van der Waals surface area contributed by atoms with Gasteiger partial charge in [0.05, 0.1) is 14.2 Å². The molecule has 3 rings (SSSR count). The van der Waals surface area contributed by atoms with Crippen molar-refractivity contribution in [2.24, 2.45) is 0 Å². The molecule has 0 saturated heterocycles. The number of carbonyl (C=O) groups is 2. The Kier molecular flexibility index (Phi) is 5.26. The molecule has 1 saturated carbocycles. The van der Waals surface area contributed by atoms with E-state index in [4.69, 9.17) is 9.47 Å². The Morgan fingerprint density at radius 2 is 1.50 bits per heavy atom. The Morgan fingerprint density at radius 3 is 2.08 bits per heavy atom. The summed E-state index contributed by atoms with van der Waals surface area (Å²) < 4.78 is 10.4. The minimum absolute atomic E-state index is 0.213. The number of carbonyl (C=O) groups excluding carboxylic acids is 2. The molecule has 3 N–H and O–H groups in total. The average Bonchev–Trinajstić information content (AvgIpc) is 3.46. The summed E-state index contributed by atoms with van der Waals surface area (Å²) in [7, 11) is 3.06. The Bertz CT molecular complexity index is 801. The van der Waals surface area contributed by atoms with E-state index >= 15 is 0 Å². The van der Waals surface area contributed by atoms with Gasteiger partial charge in [-0.25, -0.2) is 4.79 Å². The fourth-order valence-corrected chi connectivity index (χ4v) is 2.40. The van der Waals surface area contributed by atoms with Crippen LogP contribution in [0, 0.1) is 0 Å². The van der Waals surface area contributed by atoms with Crippen molar-refractivity contribution in [1.82, 2.24) is 5.32 Å². The molecule has 7 nitrogen and oxygen atoms in total. The summed E-state index contributed by atoms with van der Waals surface area (Å²) in [6.45, 7) is 0. The van der Waals surface area contributed by atoms with Crippen LogP contribution in [0.4, 0.5) is 16.2 Å². The maximum Gasteiger partial charge on any atom is 0.319 e. The summed E-state index contributed by atoms with van der Waals surface area (Å²) in [6, 6.07) is 12.0. The first-order valence-electron chi connectivity index (χ1n) is 8.30. The molecule has 0 spiro atoms. The van der Waals surface area contributed by atoms with E-state index in [-0.39, 0.29) is 11.9 Å². The van der Waals surface area contributed by atoms with Gasteiger partial charge in [-0.1, -0.05) is 0 Å². The summed E-state index contributed by atoms with van der Waals surface area (Å²) in [4.78, 5) is 24.1. The van der Waals surface area contributed by atoms with Crippen LogP contribution in [0.1, 0.15) is 23.2 Å². The van der Waals surface area contributed by atoms with E-state index in [1.165, 1.54) is 14.2 Å². The van der Waals surface area contributed by atoms with E-state index in [0.29, 0.717) is 34.5 Å². The lowest BCUT2D eigenvalue weighted by atomic mass is 10.1. The highest BCUT2D eigenvalue weighted by molar-refractivity contribution is 6.04. The van der Waals surface area contributed by atoms with Gasteiger partial charge in [-0.05, 0) is 55.3 Å². The monoisotopic (exact) mass is 355 g/mol. The lowest BCUT2D eigenvalue weighted by Crippen LogP contribution is -2.30. The SMILES string of the molecule is COc1ccc(C(=O)Nc2ccc(NC(=O)NC3CC3)cc2)cc1OC. The first-order valence-corrected chi connectivity index (χ1v) is 8.30. The average molecular weight is 355 g/mol. The summed E-state index contributed by atoms with van der Waals surface area (Å²) >= 11 is 0. The van der Waals surface area contributed by atoms with Crippen LogP contribution in [-0.4, -0.2) is 32.2 Å². The van der Waals surface area contributed by atoms with Crippen LogP contribution in [0.15, 0.2) is 42.5 Å². The molecule has 26 heavy (non-hydrogen) atoms. The van der Waals surface area contributed by atoms with Gasteiger partial charge in [-0.2, -0.15) is 0 Å². The normalized spacial score (nSPS) is 12.8. The van der Waals surface area contributed by atoms with Gasteiger partial charge in [-0.15, -0.1) is 0 Å². The van der Waals surface area contributed by atoms with Crippen LogP contribution in [0.25, 0.3) is 0 Å². The van der Waals surface area contributed by atoms with E-state index in [9.17, 15) is 9.59 Å². The minimum atomic E-state index is -0.266. The molecule has 3 amide bonds. The maximum absolute atomic E-state index is 12.4. The van der Waals surface area contributed by atoms with Crippen molar-refractivity contribution < 1.29 is 19.1 Å². The van der Waals surface area contributed by atoms with E-state index in [2.05, 4.69) is 16.0 Å². The van der Waals surface area contributed by atoms with Crippen LogP contribution in [0.2, 0.25) is 0 Å². The van der Waals surface area contributed by atoms with E-state index in [0.717, 1.165) is 12.8 Å². The van der Waals surface area contributed by atoms with E-state index in [1.54, 1.807) is 42.5 Å². The second-order valence-corrected chi connectivity index (χ2v) is 5.97. The summed E-state index contributed by atoms with van der Waals surface area (Å²) in [5.74, 6) is 0.781. The first kappa shape index (κ1) is 17.6. The van der Waals surface area contributed by atoms with Crippen molar-refractivity contribution in [3.63, 3.8) is 0 Å². The molecule has 2 aromatic carbocycles. The molecular weight excluding hydrogens is 334 g/mol. The Balaban J connectivity index is 1.61. The molecule has 0 aromatic heterocycles. The molecule has 0 unspecified atom stereocenters. The summed E-state index contributed by atoms with van der Waals surface area (Å²) in [5.41, 5.74) is 1.74. The van der Waals surface area contributed by atoms with Gasteiger partial charge in [0.2, 0.25) is 0 Å². The second-order valence-electron chi connectivity index (χ2n) is 5.97. The van der Waals surface area contributed by atoms with Gasteiger partial charge in [0.1, 0.15) is 0 Å². The predicted octanol–water partition coefficient (Wildman–Crippen LogP) is 3.24. The third-order valence-corrected chi connectivity index (χ3v) is 3.96. The number of nitrogens with one attached hydrogen (secondary N) is 3. The van der Waals surface area contributed by atoms with Crippen molar-refractivity contribution in [3.8, 4) is 11.5 Å². The predicted molar refractivity (Wildman–Crippen MR) is 99.1 cm³/mol. The standard InChI is InChI=1S/C19H21N3O4/c1-25-16-10-3-12(11-17(16)26-2)18(23)20-13-4-6-14(7-5-13)21-19(24)22-15-8-9-15/h3-7,10-11,15H,8-9H2,1-2H3,(H,20,23)(H2,21,22,24). The largest absolute Gasteiger partial charge is 0.493 e. The highest BCUT2D eigenvalue weighted by Crippen LogP contribution is 2.28. The summed E-state index contributed by atoms with van der Waals surface area (Å²) in [5, 5.41) is 8.42. The molecule has 0 bridgehead atoms. The van der Waals surface area contributed by atoms with Crippen LogP contribution in [0.3, 0.4) is 0 Å². The highest BCUT2D eigenvalue weighted by atomic mass is 16.5. The minimum Gasteiger partial charge on any atom is -0.493 e. The van der Waals surface area contributed by atoms with Crippen LogP contribution in [0.5, 0.6) is 11.5 Å².